The number of benzene rings is 1. The molecule has 1 aromatic heterocycles. The number of hydrogen-bond donors (Lipinski definition) is 0. The van der Waals surface area contributed by atoms with Crippen molar-refractivity contribution in [1.82, 2.24) is 9.97 Å². The fraction of sp³-hybridized carbons (Fsp3) is 0.286. The second-order valence-electron chi connectivity index (χ2n) is 4.06. The van der Waals surface area contributed by atoms with Gasteiger partial charge in [0.1, 0.15) is 15.5 Å². The van der Waals surface area contributed by atoms with Gasteiger partial charge in [-0.15, -0.1) is 0 Å². The molecule has 2 nitrogen and oxygen atoms in total. The quantitative estimate of drug-likeness (QED) is 0.766. The van der Waals surface area contributed by atoms with Crippen molar-refractivity contribution in [1.29, 1.82) is 0 Å². The van der Waals surface area contributed by atoms with E-state index < -0.39 is 0 Å². The molecule has 0 N–H and O–H groups in total. The van der Waals surface area contributed by atoms with Crippen LogP contribution < -0.4 is 0 Å². The fourth-order valence-electron chi connectivity index (χ4n) is 1.61. The molecule has 1 heterocycles. The first-order valence-corrected chi connectivity index (χ1v) is 7.57. The molecule has 2 aromatic rings. The van der Waals surface area contributed by atoms with Crippen LogP contribution in [0.5, 0.6) is 0 Å². The van der Waals surface area contributed by atoms with Crippen molar-refractivity contribution in [2.24, 2.45) is 0 Å². The molecule has 0 aliphatic carbocycles. The first-order valence-electron chi connectivity index (χ1n) is 5.96. The molecule has 0 fully saturated rings. The van der Waals surface area contributed by atoms with Crippen LogP contribution in [0.25, 0.3) is 0 Å². The number of aromatic nitrogens is 2. The molecule has 18 heavy (non-hydrogen) atoms. The maximum absolute atomic E-state index is 4.58. The molecule has 4 heteroatoms. The Morgan fingerprint density at radius 1 is 1.22 bits per heavy atom. The van der Waals surface area contributed by atoms with E-state index in [1.807, 2.05) is 6.07 Å². The Morgan fingerprint density at radius 2 is 2.00 bits per heavy atom. The maximum atomic E-state index is 4.58. The van der Waals surface area contributed by atoms with Gasteiger partial charge in [0, 0.05) is 17.4 Å². The number of nitrogens with zero attached hydrogens (tertiary/aromatic N) is 2. The summed E-state index contributed by atoms with van der Waals surface area (Å²) >= 11 is 5.14. The minimum Gasteiger partial charge on any atom is -0.226 e. The van der Waals surface area contributed by atoms with Gasteiger partial charge in [-0.3, -0.25) is 0 Å². The normalized spacial score (nSPS) is 10.6. The van der Waals surface area contributed by atoms with Crippen LogP contribution in [-0.4, -0.2) is 9.97 Å². The van der Waals surface area contributed by atoms with E-state index in [0.717, 1.165) is 28.3 Å². The average Bonchev–Trinajstić information content (AvgIpc) is 2.32. The van der Waals surface area contributed by atoms with Gasteiger partial charge in [0.15, 0.2) is 0 Å². The highest BCUT2D eigenvalue weighted by Gasteiger charge is 2.06. The third-order valence-electron chi connectivity index (χ3n) is 2.50. The lowest BCUT2D eigenvalue weighted by Gasteiger charge is -2.06. The molecule has 0 spiro atoms. The first kappa shape index (κ1) is 13.6. The monoisotopic (exact) mass is 322 g/mol. The van der Waals surface area contributed by atoms with Gasteiger partial charge >= 0.3 is 0 Å². The summed E-state index contributed by atoms with van der Waals surface area (Å²) in [4.78, 5) is 10.2. The predicted octanol–water partition coefficient (Wildman–Crippen LogP) is 4.65. The molecule has 0 amide bonds. The van der Waals surface area contributed by atoms with E-state index in [0.29, 0.717) is 0 Å². The molecule has 94 valence electrons. The summed E-state index contributed by atoms with van der Waals surface area (Å²) in [7, 11) is 0. The van der Waals surface area contributed by atoms with Crippen LogP contribution in [0, 0.1) is 6.92 Å². The van der Waals surface area contributed by atoms with Gasteiger partial charge in [0.25, 0.3) is 0 Å². The fourth-order valence-corrected chi connectivity index (χ4v) is 3.11. The van der Waals surface area contributed by atoms with Gasteiger partial charge in [-0.1, -0.05) is 36.9 Å². The Morgan fingerprint density at radius 3 is 2.72 bits per heavy atom. The number of aryl methyl sites for hydroxylation is 2. The topological polar surface area (TPSA) is 25.8 Å². The number of rotatable bonds is 4. The molecule has 2 rings (SSSR count). The van der Waals surface area contributed by atoms with E-state index in [4.69, 9.17) is 0 Å². The summed E-state index contributed by atoms with van der Waals surface area (Å²) in [5, 5.41) is 0.995. The van der Waals surface area contributed by atoms with Gasteiger partial charge in [0.05, 0.1) is 0 Å². The van der Waals surface area contributed by atoms with E-state index in [1.165, 1.54) is 10.5 Å². The maximum Gasteiger partial charge on any atom is 0.130 e. The molecule has 0 unspecified atom stereocenters. The minimum absolute atomic E-state index is 0.858. The van der Waals surface area contributed by atoms with Crippen LogP contribution in [0.1, 0.15) is 24.7 Å². The molecule has 0 aliphatic heterocycles. The Hall–Kier alpha value is -0.870. The van der Waals surface area contributed by atoms with Crippen LogP contribution in [-0.2, 0) is 6.42 Å². The SMILES string of the molecule is CCCc1nc(Br)cc(Sc2ccccc2C)n1. The van der Waals surface area contributed by atoms with Crippen LogP contribution in [0.15, 0.2) is 44.9 Å². The molecule has 0 saturated carbocycles. The second kappa shape index (κ2) is 6.34. The van der Waals surface area contributed by atoms with Gasteiger partial charge in [-0.25, -0.2) is 9.97 Å². The summed E-state index contributed by atoms with van der Waals surface area (Å²) in [6.45, 7) is 4.25. The summed E-state index contributed by atoms with van der Waals surface area (Å²) in [6.07, 6.45) is 1.98. The van der Waals surface area contributed by atoms with E-state index in [-0.39, 0.29) is 0 Å². The van der Waals surface area contributed by atoms with Crippen molar-refractivity contribution < 1.29 is 0 Å². The van der Waals surface area contributed by atoms with Gasteiger partial charge in [-0.2, -0.15) is 0 Å². The van der Waals surface area contributed by atoms with Crippen LogP contribution >= 0.6 is 27.7 Å². The van der Waals surface area contributed by atoms with E-state index in [9.17, 15) is 0 Å². The van der Waals surface area contributed by atoms with Crippen LogP contribution in [0.2, 0.25) is 0 Å². The Balaban J connectivity index is 2.26. The number of hydrogen-bond acceptors (Lipinski definition) is 3. The Kier molecular flexibility index (Phi) is 4.78. The molecule has 0 atom stereocenters. The molecule has 1 aromatic carbocycles. The van der Waals surface area contributed by atoms with Gasteiger partial charge in [-0.05, 0) is 40.9 Å². The third-order valence-corrected chi connectivity index (χ3v) is 4.00. The molecule has 0 aliphatic rings. The van der Waals surface area contributed by atoms with E-state index in [2.05, 4.69) is 64.0 Å². The van der Waals surface area contributed by atoms with Crippen LogP contribution in [0.3, 0.4) is 0 Å². The summed E-state index contributed by atoms with van der Waals surface area (Å²) in [6, 6.07) is 10.3. The standard InChI is InChI=1S/C14H15BrN2S/c1-3-6-13-16-12(15)9-14(17-13)18-11-8-5-4-7-10(11)2/h4-5,7-9H,3,6H2,1-2H3. The van der Waals surface area contributed by atoms with Gasteiger partial charge in [0.2, 0.25) is 0 Å². The van der Waals surface area contributed by atoms with E-state index >= 15 is 0 Å². The highest BCUT2D eigenvalue weighted by Crippen LogP contribution is 2.29. The summed E-state index contributed by atoms with van der Waals surface area (Å²) < 4.78 is 0.858. The van der Waals surface area contributed by atoms with Crippen molar-refractivity contribution in [2.45, 2.75) is 36.6 Å². The zero-order chi connectivity index (χ0) is 13.0. The smallest absolute Gasteiger partial charge is 0.130 e. The van der Waals surface area contributed by atoms with Crippen molar-refractivity contribution in [3.63, 3.8) is 0 Å². The van der Waals surface area contributed by atoms with Crippen LogP contribution in [0.4, 0.5) is 0 Å². The highest BCUT2D eigenvalue weighted by molar-refractivity contribution is 9.10. The first-order chi connectivity index (χ1) is 8.69. The van der Waals surface area contributed by atoms with Crippen molar-refractivity contribution in [3.05, 3.63) is 46.3 Å². The third kappa shape index (κ3) is 3.56. The Labute approximate surface area is 120 Å². The summed E-state index contributed by atoms with van der Waals surface area (Å²) in [5.74, 6) is 0.906. The van der Waals surface area contributed by atoms with E-state index in [1.54, 1.807) is 11.8 Å². The molecular weight excluding hydrogens is 308 g/mol. The summed E-state index contributed by atoms with van der Waals surface area (Å²) in [5.41, 5.74) is 1.27. The lowest BCUT2D eigenvalue weighted by atomic mass is 10.2. The largest absolute Gasteiger partial charge is 0.226 e. The zero-order valence-electron chi connectivity index (χ0n) is 10.5. The van der Waals surface area contributed by atoms with Gasteiger partial charge < -0.3 is 0 Å². The second-order valence-corrected chi connectivity index (χ2v) is 5.94. The molecule has 0 saturated heterocycles. The molecular formula is C14H15BrN2S. The minimum atomic E-state index is 0.858. The average molecular weight is 323 g/mol. The molecule has 0 radical (unpaired) electrons. The highest BCUT2D eigenvalue weighted by atomic mass is 79.9. The molecule has 0 bridgehead atoms. The number of halogens is 1. The Bertz CT molecular complexity index is 543. The lowest BCUT2D eigenvalue weighted by Crippen LogP contribution is -1.96. The van der Waals surface area contributed by atoms with Crippen molar-refractivity contribution in [3.8, 4) is 0 Å². The zero-order valence-corrected chi connectivity index (χ0v) is 12.9. The van der Waals surface area contributed by atoms with Crippen molar-refractivity contribution in [2.75, 3.05) is 0 Å². The lowest BCUT2D eigenvalue weighted by molar-refractivity contribution is 0.803. The van der Waals surface area contributed by atoms with Crippen molar-refractivity contribution >= 4 is 27.7 Å². The predicted molar refractivity (Wildman–Crippen MR) is 79.0 cm³/mol.